The van der Waals surface area contributed by atoms with E-state index in [0.29, 0.717) is 5.82 Å². The molecule has 0 unspecified atom stereocenters. The standard InChI is InChI=1S/C19H25N7O/c1-21-18-17-14(22-19(20)23-18)6-7-26(17)15-5-4-13(12-16(15)27-3)25-10-8-24(2)9-11-25/h4-7,12H,8-11H2,1-3H3,(H3,20,21,22,23). The normalized spacial score (nSPS) is 15.3. The highest BCUT2D eigenvalue weighted by Crippen LogP contribution is 2.33. The third-order valence-corrected chi connectivity index (χ3v) is 5.08. The lowest BCUT2D eigenvalue weighted by atomic mass is 10.2. The number of methoxy groups -OCH3 is 1. The number of nitrogens with one attached hydrogen (secondary N) is 1. The summed E-state index contributed by atoms with van der Waals surface area (Å²) in [5, 5.41) is 3.11. The van der Waals surface area contributed by atoms with Crippen LogP contribution < -0.4 is 20.7 Å². The van der Waals surface area contributed by atoms with Crippen LogP contribution in [0.25, 0.3) is 16.7 Å². The number of rotatable bonds is 4. The topological polar surface area (TPSA) is 84.5 Å². The molecule has 0 aliphatic carbocycles. The van der Waals surface area contributed by atoms with Gasteiger partial charge in [-0.15, -0.1) is 0 Å². The highest BCUT2D eigenvalue weighted by atomic mass is 16.5. The molecule has 1 saturated heterocycles. The molecule has 1 aliphatic rings. The zero-order valence-corrected chi connectivity index (χ0v) is 15.9. The van der Waals surface area contributed by atoms with Crippen molar-refractivity contribution in [1.29, 1.82) is 0 Å². The number of nitrogens with zero attached hydrogens (tertiary/aromatic N) is 5. The molecule has 0 amide bonds. The van der Waals surface area contributed by atoms with Gasteiger partial charge in [0.1, 0.15) is 11.3 Å². The zero-order chi connectivity index (χ0) is 19.0. The maximum atomic E-state index is 5.81. The fraction of sp³-hybridized carbons (Fsp3) is 0.368. The van der Waals surface area contributed by atoms with Crippen LogP contribution in [0.15, 0.2) is 30.5 Å². The van der Waals surface area contributed by atoms with E-state index >= 15 is 0 Å². The van der Waals surface area contributed by atoms with Gasteiger partial charge in [-0.05, 0) is 25.2 Å². The number of nitrogens with two attached hydrogens (primary N) is 1. The molecule has 1 aromatic carbocycles. The molecule has 0 bridgehead atoms. The Morgan fingerprint density at radius 3 is 2.59 bits per heavy atom. The largest absolute Gasteiger partial charge is 0.494 e. The second-order valence-corrected chi connectivity index (χ2v) is 6.75. The summed E-state index contributed by atoms with van der Waals surface area (Å²) in [7, 11) is 5.68. The number of anilines is 3. The number of nitrogen functional groups attached to an aromatic ring is 1. The van der Waals surface area contributed by atoms with Crippen LogP contribution in [0.4, 0.5) is 17.5 Å². The summed E-state index contributed by atoms with van der Waals surface area (Å²) in [6.45, 7) is 4.16. The van der Waals surface area contributed by atoms with Gasteiger partial charge in [0.25, 0.3) is 0 Å². The van der Waals surface area contributed by atoms with Gasteiger partial charge in [0, 0.05) is 51.2 Å². The molecule has 3 heterocycles. The molecule has 8 heteroatoms. The van der Waals surface area contributed by atoms with E-state index in [-0.39, 0.29) is 5.95 Å². The lowest BCUT2D eigenvalue weighted by Crippen LogP contribution is -2.44. The number of hydrogen-bond donors (Lipinski definition) is 2. The number of benzene rings is 1. The van der Waals surface area contributed by atoms with E-state index in [1.54, 1.807) is 7.11 Å². The fourth-order valence-electron chi connectivity index (χ4n) is 3.57. The first-order valence-electron chi connectivity index (χ1n) is 9.05. The quantitative estimate of drug-likeness (QED) is 0.727. The maximum Gasteiger partial charge on any atom is 0.222 e. The zero-order valence-electron chi connectivity index (χ0n) is 15.9. The number of hydrogen-bond acceptors (Lipinski definition) is 7. The van der Waals surface area contributed by atoms with E-state index in [9.17, 15) is 0 Å². The predicted molar refractivity (Wildman–Crippen MR) is 109 cm³/mol. The Morgan fingerprint density at radius 1 is 1.11 bits per heavy atom. The molecule has 3 N–H and O–H groups in total. The van der Waals surface area contributed by atoms with Crippen molar-refractivity contribution in [2.75, 3.05) is 63.3 Å². The van der Waals surface area contributed by atoms with Gasteiger partial charge in [0.05, 0.1) is 18.3 Å². The van der Waals surface area contributed by atoms with Crippen LogP contribution in [0.1, 0.15) is 0 Å². The number of likely N-dealkylation sites (N-methyl/N-ethyl adjacent to an activating group) is 1. The van der Waals surface area contributed by atoms with Crippen molar-refractivity contribution >= 4 is 28.5 Å². The molecule has 8 nitrogen and oxygen atoms in total. The first kappa shape index (κ1) is 17.4. The third kappa shape index (κ3) is 3.12. The Morgan fingerprint density at radius 2 is 1.89 bits per heavy atom. The highest BCUT2D eigenvalue weighted by Gasteiger charge is 2.18. The van der Waals surface area contributed by atoms with Crippen molar-refractivity contribution in [3.8, 4) is 11.4 Å². The molecule has 3 aromatic rings. The van der Waals surface area contributed by atoms with E-state index < -0.39 is 0 Å². The SMILES string of the molecule is CNc1nc(N)nc2ccn(-c3ccc(N4CCN(C)CC4)cc3OC)c12. The van der Waals surface area contributed by atoms with Crippen molar-refractivity contribution in [1.82, 2.24) is 19.4 Å². The molecule has 27 heavy (non-hydrogen) atoms. The van der Waals surface area contributed by atoms with Crippen molar-refractivity contribution < 1.29 is 4.74 Å². The first-order valence-corrected chi connectivity index (χ1v) is 9.05. The van der Waals surface area contributed by atoms with Crippen LogP contribution in [-0.2, 0) is 0 Å². The van der Waals surface area contributed by atoms with Gasteiger partial charge in [0.15, 0.2) is 5.82 Å². The van der Waals surface area contributed by atoms with Crippen LogP contribution in [0.2, 0.25) is 0 Å². The van der Waals surface area contributed by atoms with Crippen LogP contribution in [0, 0.1) is 0 Å². The van der Waals surface area contributed by atoms with Gasteiger partial charge in [-0.3, -0.25) is 0 Å². The predicted octanol–water partition coefficient (Wildman–Crippen LogP) is 1.80. The fourth-order valence-corrected chi connectivity index (χ4v) is 3.57. The Hall–Kier alpha value is -3.00. The summed E-state index contributed by atoms with van der Waals surface area (Å²) in [5.74, 6) is 1.75. The molecular weight excluding hydrogens is 342 g/mol. The third-order valence-electron chi connectivity index (χ3n) is 5.08. The summed E-state index contributed by atoms with van der Waals surface area (Å²) < 4.78 is 7.76. The minimum absolute atomic E-state index is 0.252. The summed E-state index contributed by atoms with van der Waals surface area (Å²) in [6, 6.07) is 8.26. The minimum atomic E-state index is 0.252. The van der Waals surface area contributed by atoms with Gasteiger partial charge >= 0.3 is 0 Å². The molecule has 1 fully saturated rings. The Labute approximate surface area is 158 Å². The van der Waals surface area contributed by atoms with Crippen LogP contribution >= 0.6 is 0 Å². The van der Waals surface area contributed by atoms with Gasteiger partial charge < -0.3 is 30.2 Å². The smallest absolute Gasteiger partial charge is 0.222 e. The molecule has 0 saturated carbocycles. The molecule has 2 aromatic heterocycles. The molecule has 1 aliphatic heterocycles. The molecule has 4 rings (SSSR count). The van der Waals surface area contributed by atoms with Crippen molar-refractivity contribution in [3.05, 3.63) is 30.5 Å². The second kappa shape index (κ2) is 6.96. The van der Waals surface area contributed by atoms with E-state index in [1.807, 2.05) is 23.9 Å². The average molecular weight is 367 g/mol. The van der Waals surface area contributed by atoms with Gasteiger partial charge in [-0.1, -0.05) is 0 Å². The van der Waals surface area contributed by atoms with Gasteiger partial charge in [-0.2, -0.15) is 4.98 Å². The van der Waals surface area contributed by atoms with Crippen LogP contribution in [0.5, 0.6) is 5.75 Å². The Bertz CT molecular complexity index is 960. The number of piperazine rings is 1. The molecule has 142 valence electrons. The molecule has 0 spiro atoms. The molecule has 0 atom stereocenters. The van der Waals surface area contributed by atoms with E-state index in [0.717, 1.165) is 48.6 Å². The number of fused-ring (bicyclic) bond motifs is 1. The van der Waals surface area contributed by atoms with Crippen molar-refractivity contribution in [2.24, 2.45) is 0 Å². The first-order chi connectivity index (χ1) is 13.1. The van der Waals surface area contributed by atoms with Gasteiger partial charge in [-0.25, -0.2) is 4.98 Å². The lowest BCUT2D eigenvalue weighted by molar-refractivity contribution is 0.312. The summed E-state index contributed by atoms with van der Waals surface area (Å²) in [5.41, 5.74) is 9.59. The van der Waals surface area contributed by atoms with E-state index in [2.05, 4.69) is 50.3 Å². The Balaban J connectivity index is 1.77. The van der Waals surface area contributed by atoms with Gasteiger partial charge in [0.2, 0.25) is 5.95 Å². The Kier molecular flexibility index (Phi) is 4.49. The van der Waals surface area contributed by atoms with Crippen LogP contribution in [-0.4, -0.2) is 66.8 Å². The van der Waals surface area contributed by atoms with Crippen molar-refractivity contribution in [3.63, 3.8) is 0 Å². The lowest BCUT2D eigenvalue weighted by Gasteiger charge is -2.34. The van der Waals surface area contributed by atoms with E-state index in [1.165, 1.54) is 5.69 Å². The van der Waals surface area contributed by atoms with E-state index in [4.69, 9.17) is 10.5 Å². The maximum absolute atomic E-state index is 5.81. The summed E-state index contributed by atoms with van der Waals surface area (Å²) in [4.78, 5) is 13.4. The summed E-state index contributed by atoms with van der Waals surface area (Å²) >= 11 is 0. The highest BCUT2D eigenvalue weighted by molar-refractivity contribution is 5.89. The number of ether oxygens (including phenoxy) is 1. The average Bonchev–Trinajstić information content (AvgIpc) is 3.11. The monoisotopic (exact) mass is 367 g/mol. The van der Waals surface area contributed by atoms with Crippen LogP contribution in [0.3, 0.4) is 0 Å². The molecular formula is C19H25N7O. The molecule has 0 radical (unpaired) electrons. The minimum Gasteiger partial charge on any atom is -0.494 e. The summed E-state index contributed by atoms with van der Waals surface area (Å²) in [6.07, 6.45) is 1.97. The van der Waals surface area contributed by atoms with Crippen molar-refractivity contribution in [2.45, 2.75) is 0 Å². The second-order valence-electron chi connectivity index (χ2n) is 6.75. The number of aromatic nitrogens is 3.